The highest BCUT2D eigenvalue weighted by Crippen LogP contribution is 2.47. The van der Waals surface area contributed by atoms with Crippen LogP contribution in [0.15, 0.2) is 12.1 Å². The van der Waals surface area contributed by atoms with Gasteiger partial charge in [-0.25, -0.2) is 8.78 Å². The van der Waals surface area contributed by atoms with E-state index in [4.69, 9.17) is 21.1 Å². The van der Waals surface area contributed by atoms with Crippen molar-refractivity contribution in [3.05, 3.63) is 22.7 Å². The highest BCUT2D eigenvalue weighted by Gasteiger charge is 2.49. The third-order valence-corrected chi connectivity index (χ3v) is 3.99. The zero-order chi connectivity index (χ0) is 14.2. The van der Waals surface area contributed by atoms with E-state index in [0.717, 1.165) is 0 Å². The van der Waals surface area contributed by atoms with E-state index in [9.17, 15) is 17.6 Å². The first-order chi connectivity index (χ1) is 8.84. The van der Waals surface area contributed by atoms with E-state index >= 15 is 0 Å². The summed E-state index contributed by atoms with van der Waals surface area (Å²) in [6.45, 7) is 0.569. The molecule has 0 aromatic heterocycles. The van der Waals surface area contributed by atoms with Gasteiger partial charge in [0, 0.05) is 11.1 Å². The van der Waals surface area contributed by atoms with Crippen LogP contribution in [0.25, 0.3) is 0 Å². The molecule has 1 unspecified atom stereocenters. The lowest BCUT2D eigenvalue weighted by Gasteiger charge is -2.25. The molecule has 2 rings (SSSR count). The average Bonchev–Trinajstić information content (AvgIpc) is 2.36. The van der Waals surface area contributed by atoms with Crippen LogP contribution in [0.4, 0.5) is 17.6 Å². The summed E-state index contributed by atoms with van der Waals surface area (Å²) >= 11 is 8.40. The second-order valence-corrected chi connectivity index (χ2v) is 5.18. The van der Waals surface area contributed by atoms with E-state index in [1.54, 1.807) is 0 Å². The lowest BCUT2D eigenvalue weighted by Crippen LogP contribution is -2.31. The van der Waals surface area contributed by atoms with E-state index in [-0.39, 0.29) is 22.9 Å². The maximum atomic E-state index is 13.3. The first kappa shape index (κ1) is 14.7. The van der Waals surface area contributed by atoms with Crippen molar-refractivity contribution in [1.82, 2.24) is 0 Å². The molecule has 0 saturated heterocycles. The minimum atomic E-state index is -4.24. The normalized spacial score (nSPS) is 16.6. The monoisotopic (exact) mass is 362 g/mol. The number of fused-ring (bicyclic) bond motifs is 1. The van der Waals surface area contributed by atoms with Crippen LogP contribution in [0.3, 0.4) is 0 Å². The van der Waals surface area contributed by atoms with Gasteiger partial charge in [-0.3, -0.25) is 0 Å². The van der Waals surface area contributed by atoms with Gasteiger partial charge < -0.3 is 9.47 Å². The molecule has 0 spiro atoms. The number of benzene rings is 1. The van der Waals surface area contributed by atoms with Crippen LogP contribution in [0.5, 0.6) is 11.5 Å². The van der Waals surface area contributed by atoms with Crippen molar-refractivity contribution >= 4 is 27.5 Å². The predicted octanol–water partition coefficient (Wildman–Crippen LogP) is 4.45. The fraction of sp³-hybridized carbons (Fsp3) is 0.455. The highest BCUT2D eigenvalue weighted by molar-refractivity contribution is 9.09. The van der Waals surface area contributed by atoms with E-state index in [0.29, 0.717) is 12.4 Å². The summed E-state index contributed by atoms with van der Waals surface area (Å²) in [5, 5.41) is -0.0912. The minimum absolute atomic E-state index is 0.0912. The zero-order valence-electron chi connectivity index (χ0n) is 9.31. The molecule has 1 aliphatic heterocycles. The molecule has 8 heteroatoms. The number of ether oxygens (including phenoxy) is 2. The second kappa shape index (κ2) is 5.36. The summed E-state index contributed by atoms with van der Waals surface area (Å²) < 4.78 is 61.7. The molecule has 0 aliphatic carbocycles. The van der Waals surface area contributed by atoms with Crippen LogP contribution >= 0.6 is 27.5 Å². The molecule has 0 fully saturated rings. The van der Waals surface area contributed by atoms with Crippen molar-refractivity contribution in [1.29, 1.82) is 0 Å². The van der Waals surface area contributed by atoms with Crippen LogP contribution in [-0.4, -0.2) is 25.6 Å². The van der Waals surface area contributed by atoms with Gasteiger partial charge in [-0.05, 0) is 11.6 Å². The van der Waals surface area contributed by atoms with Crippen molar-refractivity contribution in [2.24, 2.45) is 0 Å². The Hall–Kier alpha value is -0.690. The lowest BCUT2D eigenvalue weighted by molar-refractivity contribution is -0.127. The van der Waals surface area contributed by atoms with Gasteiger partial charge in [-0.2, -0.15) is 8.78 Å². The maximum Gasteiger partial charge on any atom is 0.323 e. The third-order valence-electron chi connectivity index (χ3n) is 2.56. The summed E-state index contributed by atoms with van der Waals surface area (Å²) in [5.41, 5.74) is -0.170. The third kappa shape index (κ3) is 2.76. The van der Waals surface area contributed by atoms with Crippen LogP contribution in [0.1, 0.15) is 10.4 Å². The van der Waals surface area contributed by atoms with Gasteiger partial charge in [-0.1, -0.05) is 27.5 Å². The molecule has 19 heavy (non-hydrogen) atoms. The molecule has 1 heterocycles. The Morgan fingerprint density at radius 2 is 1.68 bits per heavy atom. The summed E-state index contributed by atoms with van der Waals surface area (Å²) in [5.74, 6) is -3.73. The Kier molecular flexibility index (Phi) is 4.15. The number of rotatable bonds is 3. The van der Waals surface area contributed by atoms with Gasteiger partial charge in [0.25, 0.3) is 0 Å². The summed E-state index contributed by atoms with van der Waals surface area (Å²) in [6, 6.07) is 2.47. The molecule has 106 valence electrons. The molecule has 1 atom stereocenters. The average molecular weight is 364 g/mol. The van der Waals surface area contributed by atoms with Crippen LogP contribution in [0.2, 0.25) is 5.02 Å². The van der Waals surface area contributed by atoms with Crippen molar-refractivity contribution in [2.75, 3.05) is 13.2 Å². The predicted molar refractivity (Wildman–Crippen MR) is 65.1 cm³/mol. The fourth-order valence-corrected chi connectivity index (χ4v) is 2.57. The van der Waals surface area contributed by atoms with Crippen LogP contribution < -0.4 is 9.47 Å². The molecule has 0 amide bonds. The van der Waals surface area contributed by atoms with Gasteiger partial charge >= 0.3 is 12.3 Å². The smallest absolute Gasteiger partial charge is 0.323 e. The molecule has 1 aliphatic rings. The van der Waals surface area contributed by atoms with Gasteiger partial charge in [0.1, 0.15) is 18.0 Å². The van der Waals surface area contributed by atoms with Gasteiger partial charge in [0.15, 0.2) is 11.5 Å². The number of alkyl halides is 5. The molecule has 0 saturated carbocycles. The molecule has 1 aromatic rings. The fourth-order valence-electron chi connectivity index (χ4n) is 1.59. The Balaban J connectivity index is 2.40. The highest BCUT2D eigenvalue weighted by atomic mass is 79.9. The standard InChI is InChI=1S/C11H8BrClF4O2/c12-9(11(16,17)10(14)15)5-3-7-8(4-6(5)13)19-2-1-18-7/h3-4,9-10H,1-2H2. The molecule has 0 radical (unpaired) electrons. The minimum Gasteiger partial charge on any atom is -0.486 e. The maximum absolute atomic E-state index is 13.3. The van der Waals surface area contributed by atoms with Crippen molar-refractivity contribution in [2.45, 2.75) is 17.2 Å². The van der Waals surface area contributed by atoms with E-state index in [1.807, 2.05) is 0 Å². The van der Waals surface area contributed by atoms with E-state index in [1.165, 1.54) is 12.1 Å². The largest absolute Gasteiger partial charge is 0.486 e. The molecular formula is C11H8BrClF4O2. The summed E-state index contributed by atoms with van der Waals surface area (Å²) in [6.07, 6.45) is -3.80. The lowest BCUT2D eigenvalue weighted by atomic mass is 10.1. The Morgan fingerprint density at radius 3 is 2.21 bits per heavy atom. The molecule has 1 aromatic carbocycles. The Morgan fingerprint density at radius 1 is 1.16 bits per heavy atom. The Bertz CT molecular complexity index is 484. The number of halogens is 6. The van der Waals surface area contributed by atoms with Crippen molar-refractivity contribution in [3.63, 3.8) is 0 Å². The van der Waals surface area contributed by atoms with E-state index < -0.39 is 17.2 Å². The van der Waals surface area contributed by atoms with Crippen molar-refractivity contribution < 1.29 is 27.0 Å². The van der Waals surface area contributed by atoms with Gasteiger partial charge in [0.05, 0.1) is 0 Å². The van der Waals surface area contributed by atoms with Gasteiger partial charge in [-0.15, -0.1) is 0 Å². The van der Waals surface area contributed by atoms with E-state index in [2.05, 4.69) is 15.9 Å². The van der Waals surface area contributed by atoms with Crippen LogP contribution in [-0.2, 0) is 0 Å². The second-order valence-electron chi connectivity index (χ2n) is 3.86. The molecule has 2 nitrogen and oxygen atoms in total. The quantitative estimate of drug-likeness (QED) is 0.584. The molecular weight excluding hydrogens is 355 g/mol. The summed E-state index contributed by atoms with van der Waals surface area (Å²) in [4.78, 5) is -1.91. The van der Waals surface area contributed by atoms with Crippen LogP contribution in [0, 0.1) is 0 Å². The SMILES string of the molecule is FC(F)C(F)(F)C(Br)c1cc2c(cc1Cl)OCCO2. The first-order valence-electron chi connectivity index (χ1n) is 5.23. The first-order valence-corrected chi connectivity index (χ1v) is 6.52. The topological polar surface area (TPSA) is 18.5 Å². The van der Waals surface area contributed by atoms with Gasteiger partial charge in [0.2, 0.25) is 0 Å². The molecule has 0 bridgehead atoms. The number of hydrogen-bond donors (Lipinski definition) is 0. The van der Waals surface area contributed by atoms with Crippen molar-refractivity contribution in [3.8, 4) is 11.5 Å². The Labute approximate surface area is 119 Å². The number of hydrogen-bond acceptors (Lipinski definition) is 2. The summed E-state index contributed by atoms with van der Waals surface area (Å²) in [7, 11) is 0. The molecule has 0 N–H and O–H groups in total. The zero-order valence-corrected chi connectivity index (χ0v) is 11.6.